The lowest BCUT2D eigenvalue weighted by molar-refractivity contribution is -0.127. The van der Waals surface area contributed by atoms with E-state index in [0.29, 0.717) is 0 Å². The molecule has 1 saturated heterocycles. The minimum Gasteiger partial charge on any atom is -0.337 e. The molecule has 0 saturated carbocycles. The number of benzene rings is 1. The maximum atomic E-state index is 13.9. The van der Waals surface area contributed by atoms with Crippen molar-refractivity contribution < 1.29 is 17.6 Å². The van der Waals surface area contributed by atoms with E-state index >= 15 is 0 Å². The molecule has 9 heteroatoms. The van der Waals surface area contributed by atoms with E-state index in [1.807, 2.05) is 20.9 Å². The summed E-state index contributed by atoms with van der Waals surface area (Å²) in [6.07, 6.45) is 3.22. The van der Waals surface area contributed by atoms with Gasteiger partial charge in [-0.3, -0.25) is 9.48 Å². The fraction of sp³-hybridized carbons (Fsp3) is 0.368. The van der Waals surface area contributed by atoms with Gasteiger partial charge in [-0.1, -0.05) is 12.1 Å². The molecule has 28 heavy (non-hydrogen) atoms. The zero-order chi connectivity index (χ0) is 20.5. The van der Waals surface area contributed by atoms with Gasteiger partial charge in [-0.2, -0.15) is 9.40 Å². The molecule has 7 nitrogen and oxygen atoms in total. The van der Waals surface area contributed by atoms with Gasteiger partial charge in [-0.25, -0.2) is 12.8 Å². The van der Waals surface area contributed by atoms with Crippen molar-refractivity contribution in [1.82, 2.24) is 19.0 Å². The number of hydrogen-bond acceptors (Lipinski definition) is 4. The van der Waals surface area contributed by atoms with Crippen molar-refractivity contribution in [3.63, 3.8) is 0 Å². The fourth-order valence-electron chi connectivity index (χ4n) is 3.23. The van der Waals surface area contributed by atoms with Crippen molar-refractivity contribution in [3.05, 3.63) is 53.1 Å². The lowest BCUT2D eigenvalue weighted by atomic mass is 10.2. The molecule has 1 amide bonds. The summed E-state index contributed by atoms with van der Waals surface area (Å²) in [4.78, 5) is 13.7. The number of hydrogen-bond donors (Lipinski definition) is 0. The molecule has 2 heterocycles. The summed E-state index contributed by atoms with van der Waals surface area (Å²) < 4.78 is 42.1. The number of amides is 1. The molecule has 0 aliphatic carbocycles. The number of rotatable bonds is 4. The molecular weight excluding hydrogens is 383 g/mol. The molecule has 1 aliphatic heterocycles. The summed E-state index contributed by atoms with van der Waals surface area (Å²) in [5.74, 6) is -0.961. The Morgan fingerprint density at radius 3 is 2.36 bits per heavy atom. The summed E-state index contributed by atoms with van der Waals surface area (Å²) in [5.41, 5.74) is 2.70. The Morgan fingerprint density at radius 2 is 1.79 bits per heavy atom. The number of halogens is 1. The van der Waals surface area contributed by atoms with Crippen molar-refractivity contribution in [2.75, 3.05) is 26.2 Å². The van der Waals surface area contributed by atoms with Gasteiger partial charge in [0.05, 0.1) is 5.69 Å². The summed E-state index contributed by atoms with van der Waals surface area (Å²) in [5, 5.41) is 4.31. The van der Waals surface area contributed by atoms with Gasteiger partial charge in [-0.15, -0.1) is 0 Å². The van der Waals surface area contributed by atoms with Gasteiger partial charge >= 0.3 is 0 Å². The summed E-state index contributed by atoms with van der Waals surface area (Å²) in [6.45, 7) is 4.56. The fourth-order valence-corrected chi connectivity index (χ4v) is 4.72. The van der Waals surface area contributed by atoms with Crippen molar-refractivity contribution in [2.45, 2.75) is 18.7 Å². The number of aryl methyl sites for hydroxylation is 2. The second-order valence-corrected chi connectivity index (χ2v) is 8.61. The molecular formula is C19H23FN4O3S. The van der Waals surface area contributed by atoms with E-state index in [4.69, 9.17) is 0 Å². The Kier molecular flexibility index (Phi) is 5.66. The minimum absolute atomic E-state index is 0.126. The van der Waals surface area contributed by atoms with Crippen LogP contribution in [-0.4, -0.2) is 59.5 Å². The van der Waals surface area contributed by atoms with Crippen LogP contribution < -0.4 is 0 Å². The molecule has 0 radical (unpaired) electrons. The van der Waals surface area contributed by atoms with Crippen molar-refractivity contribution >= 4 is 22.0 Å². The molecule has 1 fully saturated rings. The Morgan fingerprint density at radius 1 is 1.14 bits per heavy atom. The molecule has 2 aromatic rings. The topological polar surface area (TPSA) is 75.5 Å². The van der Waals surface area contributed by atoms with E-state index in [1.165, 1.54) is 28.6 Å². The molecule has 1 aromatic heterocycles. The average molecular weight is 406 g/mol. The zero-order valence-electron chi connectivity index (χ0n) is 16.1. The van der Waals surface area contributed by atoms with Crippen LogP contribution in [0.2, 0.25) is 0 Å². The SMILES string of the molecule is Cc1nn(C)c(C)c1/C=C/C(=O)N1CCN(S(=O)(=O)c2ccccc2F)CC1. The van der Waals surface area contributed by atoms with Crippen LogP contribution in [0.1, 0.15) is 17.0 Å². The highest BCUT2D eigenvalue weighted by atomic mass is 32.2. The third-order valence-corrected chi connectivity index (χ3v) is 6.89. The van der Waals surface area contributed by atoms with Crippen LogP contribution in [-0.2, 0) is 21.9 Å². The molecule has 3 rings (SSSR count). The van der Waals surface area contributed by atoms with Crippen LogP contribution >= 0.6 is 0 Å². The van der Waals surface area contributed by atoms with Gasteiger partial charge in [0.2, 0.25) is 15.9 Å². The summed E-state index contributed by atoms with van der Waals surface area (Å²) in [7, 11) is -2.07. The number of carbonyl (C=O) groups excluding carboxylic acids is 1. The van der Waals surface area contributed by atoms with E-state index in [-0.39, 0.29) is 37.0 Å². The number of aromatic nitrogens is 2. The third kappa shape index (κ3) is 3.85. The monoisotopic (exact) mass is 406 g/mol. The van der Waals surface area contributed by atoms with Gasteiger partial charge < -0.3 is 4.90 Å². The quantitative estimate of drug-likeness (QED) is 0.725. The normalized spacial score (nSPS) is 16.1. The van der Waals surface area contributed by atoms with E-state index in [1.54, 1.807) is 15.7 Å². The maximum Gasteiger partial charge on any atom is 0.246 e. The molecule has 1 aliphatic rings. The first-order chi connectivity index (χ1) is 13.2. The molecule has 150 valence electrons. The van der Waals surface area contributed by atoms with E-state index in [0.717, 1.165) is 23.0 Å². The standard InChI is InChI=1S/C19H23FN4O3S/c1-14-16(15(2)22(3)21-14)8-9-19(25)23-10-12-24(13-11-23)28(26,27)18-7-5-4-6-17(18)20/h4-9H,10-13H2,1-3H3/b9-8+. The predicted molar refractivity (Wildman–Crippen MR) is 103 cm³/mol. The zero-order valence-corrected chi connectivity index (χ0v) is 16.9. The van der Waals surface area contributed by atoms with Gasteiger partial charge in [-0.05, 0) is 32.1 Å². The molecule has 1 aromatic carbocycles. The highest BCUT2D eigenvalue weighted by molar-refractivity contribution is 7.89. The highest BCUT2D eigenvalue weighted by Crippen LogP contribution is 2.20. The Hall–Kier alpha value is -2.52. The number of carbonyl (C=O) groups is 1. The van der Waals surface area contributed by atoms with Crippen molar-refractivity contribution in [2.24, 2.45) is 7.05 Å². The predicted octanol–water partition coefficient (Wildman–Crippen LogP) is 1.72. The van der Waals surface area contributed by atoms with E-state index in [9.17, 15) is 17.6 Å². The minimum atomic E-state index is -3.91. The van der Waals surface area contributed by atoms with Crippen molar-refractivity contribution in [1.29, 1.82) is 0 Å². The molecule has 0 bridgehead atoms. The first kappa shape index (κ1) is 20.2. The Balaban J connectivity index is 1.66. The van der Waals surface area contributed by atoms with Gasteiger partial charge in [0.1, 0.15) is 10.7 Å². The Bertz CT molecular complexity index is 1020. The van der Waals surface area contributed by atoms with Gasteiger partial charge in [0.15, 0.2) is 0 Å². The first-order valence-corrected chi connectivity index (χ1v) is 10.4. The highest BCUT2D eigenvalue weighted by Gasteiger charge is 2.31. The lowest BCUT2D eigenvalue weighted by Gasteiger charge is -2.33. The van der Waals surface area contributed by atoms with Crippen molar-refractivity contribution in [3.8, 4) is 0 Å². The third-order valence-electron chi connectivity index (χ3n) is 4.96. The number of piperazine rings is 1. The molecule has 0 spiro atoms. The lowest BCUT2D eigenvalue weighted by Crippen LogP contribution is -2.50. The van der Waals surface area contributed by atoms with Crippen LogP contribution in [0, 0.1) is 19.7 Å². The van der Waals surface area contributed by atoms with Crippen LogP contribution in [0.5, 0.6) is 0 Å². The smallest absolute Gasteiger partial charge is 0.246 e. The summed E-state index contributed by atoms with van der Waals surface area (Å²) in [6, 6.07) is 5.31. The largest absolute Gasteiger partial charge is 0.337 e. The second-order valence-electron chi connectivity index (χ2n) is 6.70. The molecule has 0 atom stereocenters. The maximum absolute atomic E-state index is 13.9. The number of nitrogens with zero attached hydrogens (tertiary/aromatic N) is 4. The Labute approximate surface area is 164 Å². The van der Waals surface area contributed by atoms with Crippen LogP contribution in [0.25, 0.3) is 6.08 Å². The number of sulfonamides is 1. The first-order valence-electron chi connectivity index (χ1n) is 8.93. The van der Waals surface area contributed by atoms with Crippen LogP contribution in [0.15, 0.2) is 35.2 Å². The average Bonchev–Trinajstić information content (AvgIpc) is 2.91. The summed E-state index contributed by atoms with van der Waals surface area (Å²) >= 11 is 0. The van der Waals surface area contributed by atoms with Crippen LogP contribution in [0.4, 0.5) is 4.39 Å². The molecule has 0 unspecified atom stereocenters. The second kappa shape index (κ2) is 7.84. The van der Waals surface area contributed by atoms with E-state index in [2.05, 4.69) is 5.10 Å². The van der Waals surface area contributed by atoms with Gasteiger partial charge in [0, 0.05) is 50.6 Å². The van der Waals surface area contributed by atoms with Crippen LogP contribution in [0.3, 0.4) is 0 Å². The molecule has 0 N–H and O–H groups in total. The van der Waals surface area contributed by atoms with E-state index < -0.39 is 15.8 Å². The van der Waals surface area contributed by atoms with Gasteiger partial charge in [0.25, 0.3) is 0 Å².